The summed E-state index contributed by atoms with van der Waals surface area (Å²) in [4.78, 5) is 11.8. The van der Waals surface area contributed by atoms with E-state index in [1.165, 1.54) is 16.8 Å². The van der Waals surface area contributed by atoms with Crippen molar-refractivity contribution >= 4 is 46.4 Å². The SMILES string of the molecule is O=c1c(Cl)cc(Cl)cn1Cc1c(Cl)cccc1Cl. The van der Waals surface area contributed by atoms with Crippen LogP contribution in [0.5, 0.6) is 0 Å². The number of rotatable bonds is 2. The molecule has 0 saturated heterocycles. The molecule has 0 amide bonds. The number of aromatic nitrogens is 1. The van der Waals surface area contributed by atoms with E-state index >= 15 is 0 Å². The highest BCUT2D eigenvalue weighted by molar-refractivity contribution is 6.36. The largest absolute Gasteiger partial charge is 0.308 e. The molecule has 94 valence electrons. The molecule has 0 unspecified atom stereocenters. The Hall–Kier alpha value is -0.670. The Morgan fingerprint density at radius 2 is 1.61 bits per heavy atom. The Morgan fingerprint density at radius 1 is 1.00 bits per heavy atom. The van der Waals surface area contributed by atoms with E-state index in [2.05, 4.69) is 0 Å². The zero-order valence-electron chi connectivity index (χ0n) is 8.96. The summed E-state index contributed by atoms with van der Waals surface area (Å²) in [5.41, 5.74) is 0.318. The van der Waals surface area contributed by atoms with Crippen LogP contribution in [0.25, 0.3) is 0 Å². The van der Waals surface area contributed by atoms with E-state index in [9.17, 15) is 4.79 Å². The molecule has 2 nitrogen and oxygen atoms in total. The minimum Gasteiger partial charge on any atom is -0.308 e. The average molecular weight is 323 g/mol. The highest BCUT2D eigenvalue weighted by Gasteiger charge is 2.09. The zero-order valence-corrected chi connectivity index (χ0v) is 12.0. The van der Waals surface area contributed by atoms with Crippen LogP contribution in [0.15, 0.2) is 35.3 Å². The first-order chi connectivity index (χ1) is 8.49. The van der Waals surface area contributed by atoms with Crippen molar-refractivity contribution in [3.63, 3.8) is 0 Å². The molecule has 0 aliphatic heterocycles. The first-order valence-electron chi connectivity index (χ1n) is 4.97. The second-order valence-corrected chi connectivity index (χ2v) is 5.30. The third-order valence-electron chi connectivity index (χ3n) is 2.40. The van der Waals surface area contributed by atoms with Crippen LogP contribution in [-0.2, 0) is 6.54 Å². The van der Waals surface area contributed by atoms with E-state index in [1.807, 2.05) is 0 Å². The lowest BCUT2D eigenvalue weighted by atomic mass is 10.2. The van der Waals surface area contributed by atoms with Crippen molar-refractivity contribution < 1.29 is 0 Å². The van der Waals surface area contributed by atoms with Gasteiger partial charge in [-0.1, -0.05) is 52.5 Å². The first kappa shape index (κ1) is 13.8. The summed E-state index contributed by atoms with van der Waals surface area (Å²) >= 11 is 23.7. The standard InChI is InChI=1S/C12H7Cl4NO/c13-7-4-11(16)12(18)17(5-7)6-8-9(14)2-1-3-10(8)15/h1-5H,6H2. The van der Waals surface area contributed by atoms with E-state index in [0.717, 1.165) is 0 Å². The van der Waals surface area contributed by atoms with Gasteiger partial charge in [-0.15, -0.1) is 0 Å². The van der Waals surface area contributed by atoms with Gasteiger partial charge in [-0.3, -0.25) is 4.79 Å². The monoisotopic (exact) mass is 321 g/mol. The smallest absolute Gasteiger partial charge is 0.269 e. The molecule has 0 aliphatic rings. The van der Waals surface area contributed by atoms with Crippen LogP contribution >= 0.6 is 46.4 Å². The lowest BCUT2D eigenvalue weighted by Crippen LogP contribution is -2.20. The second-order valence-electron chi connectivity index (χ2n) is 3.64. The van der Waals surface area contributed by atoms with Crippen LogP contribution in [0, 0.1) is 0 Å². The maximum absolute atomic E-state index is 11.8. The molecule has 2 aromatic rings. The number of halogens is 4. The normalized spacial score (nSPS) is 10.7. The highest BCUT2D eigenvalue weighted by Crippen LogP contribution is 2.25. The summed E-state index contributed by atoms with van der Waals surface area (Å²) in [7, 11) is 0. The third kappa shape index (κ3) is 2.83. The Labute approximate surface area is 124 Å². The van der Waals surface area contributed by atoms with Gasteiger partial charge in [0.2, 0.25) is 0 Å². The van der Waals surface area contributed by atoms with E-state index in [-0.39, 0.29) is 17.1 Å². The molecule has 0 atom stereocenters. The van der Waals surface area contributed by atoms with Gasteiger partial charge in [0.05, 0.1) is 11.6 Å². The van der Waals surface area contributed by atoms with Crippen molar-refractivity contribution in [3.8, 4) is 0 Å². The number of benzene rings is 1. The molecular formula is C12H7Cl4NO. The van der Waals surface area contributed by atoms with Gasteiger partial charge in [0.15, 0.2) is 0 Å². The number of hydrogen-bond donors (Lipinski definition) is 0. The van der Waals surface area contributed by atoms with Gasteiger partial charge in [0.1, 0.15) is 5.02 Å². The van der Waals surface area contributed by atoms with Gasteiger partial charge in [0.25, 0.3) is 5.56 Å². The van der Waals surface area contributed by atoms with E-state index < -0.39 is 0 Å². The van der Waals surface area contributed by atoms with Crippen LogP contribution in [-0.4, -0.2) is 4.57 Å². The maximum Gasteiger partial charge on any atom is 0.269 e. The topological polar surface area (TPSA) is 22.0 Å². The van der Waals surface area contributed by atoms with E-state index in [1.54, 1.807) is 18.2 Å². The zero-order chi connectivity index (χ0) is 13.3. The number of nitrogens with zero attached hydrogens (tertiary/aromatic N) is 1. The highest BCUT2D eigenvalue weighted by atomic mass is 35.5. The molecule has 1 aromatic carbocycles. The molecule has 0 spiro atoms. The van der Waals surface area contributed by atoms with Crippen molar-refractivity contribution in [2.24, 2.45) is 0 Å². The fraction of sp³-hybridized carbons (Fsp3) is 0.0833. The molecule has 1 aromatic heterocycles. The minimum atomic E-state index is -0.336. The minimum absolute atomic E-state index is 0.0608. The van der Waals surface area contributed by atoms with Gasteiger partial charge in [-0.25, -0.2) is 0 Å². The fourth-order valence-corrected chi connectivity index (χ4v) is 2.56. The van der Waals surface area contributed by atoms with Gasteiger partial charge < -0.3 is 4.57 Å². The second kappa shape index (κ2) is 5.54. The van der Waals surface area contributed by atoms with Gasteiger partial charge >= 0.3 is 0 Å². The molecule has 0 N–H and O–H groups in total. The summed E-state index contributed by atoms with van der Waals surface area (Å²) in [6, 6.07) is 6.55. The molecule has 18 heavy (non-hydrogen) atoms. The maximum atomic E-state index is 11.8. The van der Waals surface area contributed by atoms with Crippen molar-refractivity contribution in [1.82, 2.24) is 4.57 Å². The summed E-state index contributed by atoms with van der Waals surface area (Å²) in [6.07, 6.45) is 1.50. The number of hydrogen-bond acceptors (Lipinski definition) is 1. The Balaban J connectivity index is 2.50. The predicted octanol–water partition coefficient (Wildman–Crippen LogP) is 4.51. The average Bonchev–Trinajstić information content (AvgIpc) is 2.30. The molecule has 0 fully saturated rings. The molecular weight excluding hydrogens is 316 g/mol. The van der Waals surface area contributed by atoms with E-state index in [0.29, 0.717) is 20.6 Å². The third-order valence-corrected chi connectivity index (χ3v) is 3.58. The summed E-state index contributed by atoms with van der Waals surface area (Å²) in [5, 5.41) is 1.42. The molecule has 6 heteroatoms. The van der Waals surface area contributed by atoms with Gasteiger partial charge in [-0.2, -0.15) is 0 Å². The van der Waals surface area contributed by atoms with Gasteiger partial charge in [0, 0.05) is 21.8 Å². The Morgan fingerprint density at radius 3 is 2.22 bits per heavy atom. The number of pyridine rings is 1. The lowest BCUT2D eigenvalue weighted by molar-refractivity contribution is 0.760. The quantitative estimate of drug-likeness (QED) is 0.797. The van der Waals surface area contributed by atoms with Crippen LogP contribution in [0.3, 0.4) is 0 Å². The Kier molecular flexibility index (Phi) is 4.23. The van der Waals surface area contributed by atoms with E-state index in [4.69, 9.17) is 46.4 Å². The summed E-state index contributed by atoms with van der Waals surface area (Å²) in [6.45, 7) is 0.220. The van der Waals surface area contributed by atoms with Crippen LogP contribution < -0.4 is 5.56 Å². The summed E-state index contributed by atoms with van der Waals surface area (Å²) < 4.78 is 1.37. The van der Waals surface area contributed by atoms with Crippen molar-refractivity contribution in [1.29, 1.82) is 0 Å². The van der Waals surface area contributed by atoms with Crippen molar-refractivity contribution in [3.05, 3.63) is 66.5 Å². The van der Waals surface area contributed by atoms with Crippen LogP contribution in [0.1, 0.15) is 5.56 Å². The van der Waals surface area contributed by atoms with Crippen molar-refractivity contribution in [2.45, 2.75) is 6.54 Å². The Bertz CT molecular complexity index is 631. The van der Waals surface area contributed by atoms with Crippen LogP contribution in [0.2, 0.25) is 20.1 Å². The summed E-state index contributed by atoms with van der Waals surface area (Å²) in [5.74, 6) is 0. The van der Waals surface area contributed by atoms with Gasteiger partial charge in [-0.05, 0) is 18.2 Å². The molecule has 0 bridgehead atoms. The van der Waals surface area contributed by atoms with Crippen LogP contribution in [0.4, 0.5) is 0 Å². The first-order valence-corrected chi connectivity index (χ1v) is 6.48. The lowest BCUT2D eigenvalue weighted by Gasteiger charge is -2.10. The fourth-order valence-electron chi connectivity index (χ4n) is 1.54. The molecule has 0 radical (unpaired) electrons. The molecule has 0 aliphatic carbocycles. The predicted molar refractivity (Wildman–Crippen MR) is 76.3 cm³/mol. The molecule has 1 heterocycles. The molecule has 2 rings (SSSR count). The molecule has 0 saturated carbocycles. The van der Waals surface area contributed by atoms with Crippen molar-refractivity contribution in [2.75, 3.05) is 0 Å².